The quantitative estimate of drug-likeness (QED) is 0.688. The number of thiophene rings is 1. The Morgan fingerprint density at radius 3 is 2.82 bits per heavy atom. The third-order valence-corrected chi connectivity index (χ3v) is 4.89. The van der Waals surface area contributed by atoms with Crippen LogP contribution in [0.25, 0.3) is 0 Å². The fraction of sp³-hybridized carbons (Fsp3) is 0.250. The number of furan rings is 1. The first kappa shape index (κ1) is 15.0. The van der Waals surface area contributed by atoms with Crippen molar-refractivity contribution in [3.05, 3.63) is 62.6 Å². The molecule has 3 heterocycles. The van der Waals surface area contributed by atoms with Crippen molar-refractivity contribution in [2.75, 3.05) is 0 Å². The van der Waals surface area contributed by atoms with E-state index in [1.165, 1.54) is 0 Å². The summed E-state index contributed by atoms with van der Waals surface area (Å²) in [5, 5.41) is 4.96. The highest BCUT2D eigenvalue weighted by Crippen LogP contribution is 2.17. The number of carbonyl (C=O) groups is 1. The topological polar surface area (TPSA) is 46.3 Å². The van der Waals surface area contributed by atoms with E-state index in [9.17, 15) is 4.79 Å². The maximum absolute atomic E-state index is 12.6. The van der Waals surface area contributed by atoms with Gasteiger partial charge in [-0.2, -0.15) is 0 Å². The van der Waals surface area contributed by atoms with Gasteiger partial charge < -0.3 is 9.32 Å². The fourth-order valence-corrected chi connectivity index (χ4v) is 3.50. The Morgan fingerprint density at radius 2 is 2.18 bits per heavy atom. The number of hydrogen-bond acceptors (Lipinski definition) is 5. The molecule has 0 N–H and O–H groups in total. The van der Waals surface area contributed by atoms with Crippen LogP contribution in [0.15, 0.2) is 45.7 Å². The van der Waals surface area contributed by atoms with Crippen molar-refractivity contribution >= 4 is 28.6 Å². The van der Waals surface area contributed by atoms with Gasteiger partial charge in [0.1, 0.15) is 5.76 Å². The summed E-state index contributed by atoms with van der Waals surface area (Å²) in [7, 11) is 0. The number of carbonyl (C=O) groups excluding carboxylic acids is 1. The molecule has 0 atom stereocenters. The van der Waals surface area contributed by atoms with Crippen LogP contribution >= 0.6 is 22.7 Å². The summed E-state index contributed by atoms with van der Waals surface area (Å²) in [5.74, 6) is 0.856. The maximum atomic E-state index is 12.6. The molecule has 3 aromatic heterocycles. The van der Waals surface area contributed by atoms with Gasteiger partial charge in [0.2, 0.25) is 5.91 Å². The minimum Gasteiger partial charge on any atom is -0.467 e. The van der Waals surface area contributed by atoms with Gasteiger partial charge >= 0.3 is 0 Å². The molecule has 0 saturated carbocycles. The molecule has 0 aromatic carbocycles. The van der Waals surface area contributed by atoms with Crippen LogP contribution in [0.4, 0.5) is 0 Å². The average Bonchev–Trinajstić information content (AvgIpc) is 3.21. The van der Waals surface area contributed by atoms with Gasteiger partial charge in [-0.05, 0) is 30.5 Å². The number of aromatic nitrogens is 1. The van der Waals surface area contributed by atoms with Crippen molar-refractivity contribution < 1.29 is 9.21 Å². The first-order valence-electron chi connectivity index (χ1n) is 6.94. The van der Waals surface area contributed by atoms with E-state index in [4.69, 9.17) is 4.42 Å². The highest BCUT2D eigenvalue weighted by molar-refractivity contribution is 7.10. The Bertz CT molecular complexity index is 681. The van der Waals surface area contributed by atoms with E-state index in [1.54, 1.807) is 28.9 Å². The van der Waals surface area contributed by atoms with Gasteiger partial charge in [-0.15, -0.1) is 22.7 Å². The Kier molecular flexibility index (Phi) is 4.70. The van der Waals surface area contributed by atoms with E-state index in [2.05, 4.69) is 4.98 Å². The second-order valence-corrected chi connectivity index (χ2v) is 7.04. The lowest BCUT2D eigenvalue weighted by Crippen LogP contribution is -2.31. The second kappa shape index (κ2) is 6.89. The zero-order valence-corrected chi connectivity index (χ0v) is 13.8. The van der Waals surface area contributed by atoms with E-state index in [0.717, 1.165) is 21.3 Å². The molecule has 114 valence electrons. The number of thiazole rings is 1. The van der Waals surface area contributed by atoms with Crippen molar-refractivity contribution in [3.63, 3.8) is 0 Å². The largest absolute Gasteiger partial charge is 0.467 e. The van der Waals surface area contributed by atoms with Gasteiger partial charge in [-0.1, -0.05) is 6.07 Å². The van der Waals surface area contributed by atoms with Crippen molar-refractivity contribution in [3.8, 4) is 0 Å². The van der Waals surface area contributed by atoms with Gasteiger partial charge in [-0.3, -0.25) is 4.79 Å². The molecule has 0 aliphatic carbocycles. The van der Waals surface area contributed by atoms with Crippen LogP contribution in [-0.4, -0.2) is 15.8 Å². The molecule has 0 saturated heterocycles. The third kappa shape index (κ3) is 3.84. The Morgan fingerprint density at radius 1 is 1.27 bits per heavy atom. The minimum atomic E-state index is 0.0649. The number of amides is 1. The molecular formula is C16H16N2O2S2. The molecule has 0 spiro atoms. The summed E-state index contributed by atoms with van der Waals surface area (Å²) in [6.45, 7) is 3.03. The summed E-state index contributed by atoms with van der Waals surface area (Å²) in [4.78, 5) is 20.0. The summed E-state index contributed by atoms with van der Waals surface area (Å²) < 4.78 is 5.38. The van der Waals surface area contributed by atoms with Crippen molar-refractivity contribution in [2.24, 2.45) is 0 Å². The summed E-state index contributed by atoms with van der Waals surface area (Å²) in [6, 6.07) is 7.77. The lowest BCUT2D eigenvalue weighted by atomic mass is 10.2. The molecular weight excluding hydrogens is 316 g/mol. The zero-order chi connectivity index (χ0) is 15.4. The molecule has 4 nitrogen and oxygen atoms in total. The maximum Gasteiger partial charge on any atom is 0.229 e. The molecule has 3 rings (SSSR count). The van der Waals surface area contributed by atoms with Crippen molar-refractivity contribution in [2.45, 2.75) is 26.4 Å². The van der Waals surface area contributed by atoms with Crippen LogP contribution in [0.1, 0.15) is 21.3 Å². The molecule has 1 amide bonds. The lowest BCUT2D eigenvalue weighted by molar-refractivity contribution is -0.132. The van der Waals surface area contributed by atoms with Crippen LogP contribution in [-0.2, 0) is 24.3 Å². The van der Waals surface area contributed by atoms with Crippen LogP contribution < -0.4 is 0 Å². The second-order valence-electron chi connectivity index (χ2n) is 4.94. The molecule has 0 fully saturated rings. The molecule has 0 aliphatic rings. The average molecular weight is 332 g/mol. The van der Waals surface area contributed by atoms with Gasteiger partial charge in [0.05, 0.1) is 36.5 Å². The van der Waals surface area contributed by atoms with Gasteiger partial charge in [0, 0.05) is 10.3 Å². The van der Waals surface area contributed by atoms with Gasteiger partial charge in [0.25, 0.3) is 0 Å². The van der Waals surface area contributed by atoms with Crippen LogP contribution in [0.3, 0.4) is 0 Å². The number of aryl methyl sites for hydroxylation is 1. The fourth-order valence-electron chi connectivity index (χ4n) is 2.17. The van der Waals surface area contributed by atoms with Crippen molar-refractivity contribution in [1.29, 1.82) is 0 Å². The van der Waals surface area contributed by atoms with Crippen molar-refractivity contribution in [1.82, 2.24) is 9.88 Å². The summed E-state index contributed by atoms with van der Waals surface area (Å²) >= 11 is 3.22. The monoisotopic (exact) mass is 332 g/mol. The minimum absolute atomic E-state index is 0.0649. The van der Waals surface area contributed by atoms with Gasteiger partial charge in [0.15, 0.2) is 0 Å². The first-order chi connectivity index (χ1) is 10.7. The van der Waals surface area contributed by atoms with E-state index < -0.39 is 0 Å². The van der Waals surface area contributed by atoms with Gasteiger partial charge in [-0.25, -0.2) is 4.98 Å². The van der Waals surface area contributed by atoms with E-state index >= 15 is 0 Å². The first-order valence-corrected chi connectivity index (χ1v) is 8.70. The summed E-state index contributed by atoms with van der Waals surface area (Å²) in [5.41, 5.74) is 0.836. The molecule has 3 aromatic rings. The Balaban J connectivity index is 1.72. The Labute approximate surface area is 137 Å². The van der Waals surface area contributed by atoms with Crippen LogP contribution in [0.5, 0.6) is 0 Å². The lowest BCUT2D eigenvalue weighted by Gasteiger charge is -2.20. The Hall–Kier alpha value is -1.92. The third-order valence-electron chi connectivity index (χ3n) is 3.21. The molecule has 22 heavy (non-hydrogen) atoms. The molecule has 0 unspecified atom stereocenters. The van der Waals surface area contributed by atoms with Crippen LogP contribution in [0, 0.1) is 6.92 Å². The zero-order valence-electron chi connectivity index (χ0n) is 12.2. The molecule has 6 heteroatoms. The van der Waals surface area contributed by atoms with Crippen LogP contribution in [0.2, 0.25) is 0 Å². The number of rotatable bonds is 6. The predicted octanol–water partition coefficient (Wildman–Crippen LogP) is 3.88. The SMILES string of the molecule is Cc1nc(CC(=O)N(Cc2ccco2)Cc2cccs2)cs1. The number of hydrogen-bond donors (Lipinski definition) is 0. The molecule has 0 radical (unpaired) electrons. The number of nitrogens with zero attached hydrogens (tertiary/aromatic N) is 2. The summed E-state index contributed by atoms with van der Waals surface area (Å²) in [6.07, 6.45) is 1.96. The standard InChI is InChI=1S/C16H16N2O2S2/c1-12-17-13(11-22-12)8-16(19)18(9-14-4-2-6-20-14)10-15-5-3-7-21-15/h2-7,11H,8-10H2,1H3. The predicted molar refractivity (Wildman–Crippen MR) is 87.8 cm³/mol. The van der Waals surface area contributed by atoms with E-state index in [1.807, 2.05) is 46.8 Å². The smallest absolute Gasteiger partial charge is 0.229 e. The van der Waals surface area contributed by atoms with E-state index in [-0.39, 0.29) is 5.91 Å². The van der Waals surface area contributed by atoms with E-state index in [0.29, 0.717) is 19.5 Å². The molecule has 0 aliphatic heterocycles. The highest BCUT2D eigenvalue weighted by Gasteiger charge is 2.18. The molecule has 0 bridgehead atoms. The normalized spacial score (nSPS) is 10.8. The highest BCUT2D eigenvalue weighted by atomic mass is 32.1.